The van der Waals surface area contributed by atoms with Crippen LogP contribution in [0.3, 0.4) is 0 Å². The number of rotatable bonds is 5. The van der Waals surface area contributed by atoms with E-state index in [2.05, 4.69) is 15.0 Å². The number of hydrogen-bond donors (Lipinski definition) is 3. The molecule has 1 atom stereocenters. The molecule has 0 aliphatic heterocycles. The van der Waals surface area contributed by atoms with Crippen molar-refractivity contribution in [2.75, 3.05) is 13.7 Å². The number of pyridine rings is 1. The number of aliphatic hydroxyl groups is 2. The third-order valence-electron chi connectivity index (χ3n) is 3.96. The first-order valence-corrected chi connectivity index (χ1v) is 7.61. The predicted octanol–water partition coefficient (Wildman–Crippen LogP) is 2.06. The second-order valence-electron chi connectivity index (χ2n) is 6.26. The average Bonchev–Trinajstić information content (AvgIpc) is 3.30. The normalized spacial score (nSPS) is 17.5. The highest BCUT2D eigenvalue weighted by Gasteiger charge is 2.47. The molecule has 1 amide bonds. The third-order valence-corrected chi connectivity index (χ3v) is 4.21. The van der Waals surface area contributed by atoms with Crippen LogP contribution < -0.4 is 5.32 Å². The van der Waals surface area contributed by atoms with Crippen LogP contribution in [0.1, 0.15) is 37.9 Å². The fraction of sp³-hybridized carbons (Fsp3) is 0.600. The minimum absolute atomic E-state index is 0.0651. The zero-order valence-electron chi connectivity index (χ0n) is 13.2. The van der Waals surface area contributed by atoms with Crippen molar-refractivity contribution in [1.29, 1.82) is 0 Å². The fourth-order valence-electron chi connectivity index (χ4n) is 2.45. The van der Waals surface area contributed by atoms with Crippen molar-refractivity contribution < 1.29 is 24.1 Å². The number of carbonyl (C=O) groups excluding carboxylic acids is 1. The maximum atomic E-state index is 14.1. The van der Waals surface area contributed by atoms with E-state index in [-0.39, 0.29) is 23.7 Å². The third kappa shape index (κ3) is 3.73. The van der Waals surface area contributed by atoms with E-state index >= 15 is 0 Å². The van der Waals surface area contributed by atoms with E-state index in [4.69, 9.17) is 11.6 Å². The monoisotopic (exact) mass is 346 g/mol. The number of nitrogens with one attached hydrogen (secondary N) is 1. The van der Waals surface area contributed by atoms with Gasteiger partial charge in [-0.05, 0) is 38.7 Å². The minimum atomic E-state index is -1.51. The van der Waals surface area contributed by atoms with Gasteiger partial charge in [0.25, 0.3) is 0 Å². The molecule has 8 heteroatoms. The van der Waals surface area contributed by atoms with Crippen LogP contribution in [0.25, 0.3) is 0 Å². The van der Waals surface area contributed by atoms with Crippen molar-refractivity contribution >= 4 is 17.7 Å². The Labute approximate surface area is 138 Å². The maximum Gasteiger partial charge on any atom is 0.406 e. The highest BCUT2D eigenvalue weighted by molar-refractivity contribution is 6.29. The smallest absolute Gasteiger partial charge is 0.406 e. The van der Waals surface area contributed by atoms with E-state index in [0.29, 0.717) is 0 Å². The number of alkyl carbamates (subject to hydrolysis) is 1. The molecule has 2 rings (SSSR count). The van der Waals surface area contributed by atoms with Crippen LogP contribution >= 0.6 is 11.6 Å². The molecule has 0 radical (unpaired) electrons. The van der Waals surface area contributed by atoms with Gasteiger partial charge in [0.05, 0.1) is 24.9 Å². The Morgan fingerprint density at radius 2 is 2.13 bits per heavy atom. The molecule has 1 aliphatic carbocycles. The molecular weight excluding hydrogens is 327 g/mol. The van der Waals surface area contributed by atoms with Gasteiger partial charge in [-0.1, -0.05) is 11.6 Å². The average molecular weight is 347 g/mol. The highest BCUT2D eigenvalue weighted by Crippen LogP contribution is 2.46. The van der Waals surface area contributed by atoms with Crippen LogP contribution in [0.5, 0.6) is 0 Å². The Hall–Kier alpha value is -1.44. The second kappa shape index (κ2) is 6.22. The van der Waals surface area contributed by atoms with Gasteiger partial charge in [0.2, 0.25) is 0 Å². The van der Waals surface area contributed by atoms with Gasteiger partial charge in [0, 0.05) is 5.56 Å². The summed E-state index contributed by atoms with van der Waals surface area (Å²) in [5, 5.41) is 23.1. The lowest BCUT2D eigenvalue weighted by Crippen LogP contribution is -2.43. The number of methoxy groups -OCH3 is 1. The van der Waals surface area contributed by atoms with E-state index in [0.717, 1.165) is 12.8 Å². The zero-order valence-corrected chi connectivity index (χ0v) is 13.9. The first-order chi connectivity index (χ1) is 10.6. The summed E-state index contributed by atoms with van der Waals surface area (Å²) >= 11 is 5.83. The predicted molar refractivity (Wildman–Crippen MR) is 81.5 cm³/mol. The molecule has 6 nitrogen and oxygen atoms in total. The molecule has 0 bridgehead atoms. The first kappa shape index (κ1) is 17.9. The number of aromatic nitrogens is 1. The molecule has 128 valence electrons. The van der Waals surface area contributed by atoms with Crippen LogP contribution in [-0.4, -0.2) is 34.9 Å². The SMILES string of the molecule is COC(=O)NCC(O)(c1cc(C(C)(C)O)c(F)c(Cl)n1)C1CC1. The van der Waals surface area contributed by atoms with Gasteiger partial charge in [-0.2, -0.15) is 0 Å². The van der Waals surface area contributed by atoms with Gasteiger partial charge in [-0.3, -0.25) is 0 Å². The Morgan fingerprint density at radius 1 is 1.52 bits per heavy atom. The quantitative estimate of drug-likeness (QED) is 0.710. The molecule has 3 N–H and O–H groups in total. The summed E-state index contributed by atoms with van der Waals surface area (Å²) in [6, 6.07) is 1.29. The lowest BCUT2D eigenvalue weighted by atomic mass is 9.89. The van der Waals surface area contributed by atoms with Crippen molar-refractivity contribution in [2.24, 2.45) is 5.92 Å². The molecule has 0 spiro atoms. The van der Waals surface area contributed by atoms with Crippen molar-refractivity contribution in [1.82, 2.24) is 10.3 Å². The maximum absolute atomic E-state index is 14.1. The second-order valence-corrected chi connectivity index (χ2v) is 6.62. The van der Waals surface area contributed by atoms with Crippen LogP contribution in [-0.2, 0) is 15.9 Å². The van der Waals surface area contributed by atoms with Gasteiger partial charge >= 0.3 is 6.09 Å². The fourth-order valence-corrected chi connectivity index (χ4v) is 2.64. The van der Waals surface area contributed by atoms with E-state index in [1.54, 1.807) is 0 Å². The molecule has 23 heavy (non-hydrogen) atoms. The van der Waals surface area contributed by atoms with Crippen molar-refractivity contribution in [3.8, 4) is 0 Å². The molecule has 1 fully saturated rings. The molecule has 0 saturated heterocycles. The summed E-state index contributed by atoms with van der Waals surface area (Å²) in [7, 11) is 1.21. The standard InChI is InChI=1S/C15H20ClFN2O4/c1-14(2,21)9-6-10(19-12(16)11(9)17)15(22,8-4-5-8)7-18-13(20)23-3/h6,8,21-22H,4-5,7H2,1-3H3,(H,18,20). The van der Waals surface area contributed by atoms with Gasteiger partial charge in [-0.15, -0.1) is 0 Å². The van der Waals surface area contributed by atoms with Gasteiger partial charge in [0.15, 0.2) is 11.0 Å². The van der Waals surface area contributed by atoms with Crippen LogP contribution in [0.2, 0.25) is 5.15 Å². The molecule has 1 aromatic heterocycles. The molecule has 1 saturated carbocycles. The largest absolute Gasteiger partial charge is 0.453 e. The van der Waals surface area contributed by atoms with Gasteiger partial charge in [-0.25, -0.2) is 14.2 Å². The summed E-state index contributed by atoms with van der Waals surface area (Å²) < 4.78 is 18.6. The Bertz CT molecular complexity index is 616. The number of ether oxygens (including phenoxy) is 1. The summed E-state index contributed by atoms with van der Waals surface area (Å²) in [5.74, 6) is -0.967. The summed E-state index contributed by atoms with van der Waals surface area (Å²) in [6.07, 6.45) is 0.793. The lowest BCUT2D eigenvalue weighted by Gasteiger charge is -2.29. The summed E-state index contributed by atoms with van der Waals surface area (Å²) in [6.45, 7) is 2.67. The van der Waals surface area contributed by atoms with E-state index < -0.39 is 28.3 Å². The molecular formula is C15H20ClFN2O4. The molecule has 1 aromatic rings. The van der Waals surface area contributed by atoms with E-state index in [1.165, 1.54) is 27.0 Å². The number of amides is 1. The van der Waals surface area contributed by atoms with Gasteiger partial charge < -0.3 is 20.3 Å². The molecule has 1 heterocycles. The van der Waals surface area contributed by atoms with Crippen LogP contribution in [0, 0.1) is 11.7 Å². The number of carbonyl (C=O) groups is 1. The van der Waals surface area contributed by atoms with Gasteiger partial charge in [0.1, 0.15) is 5.60 Å². The van der Waals surface area contributed by atoms with E-state index in [9.17, 15) is 19.4 Å². The van der Waals surface area contributed by atoms with Crippen LogP contribution in [0.15, 0.2) is 6.07 Å². The zero-order chi connectivity index (χ0) is 17.4. The Morgan fingerprint density at radius 3 is 2.61 bits per heavy atom. The summed E-state index contributed by atoms with van der Waals surface area (Å²) in [4.78, 5) is 15.2. The summed E-state index contributed by atoms with van der Waals surface area (Å²) in [5.41, 5.74) is -2.96. The first-order valence-electron chi connectivity index (χ1n) is 7.23. The highest BCUT2D eigenvalue weighted by atomic mass is 35.5. The molecule has 1 aliphatic rings. The van der Waals surface area contributed by atoms with Crippen molar-refractivity contribution in [2.45, 2.75) is 37.9 Å². The molecule has 0 aromatic carbocycles. The van der Waals surface area contributed by atoms with Crippen molar-refractivity contribution in [3.05, 3.63) is 28.3 Å². The lowest BCUT2D eigenvalue weighted by molar-refractivity contribution is 0.00841. The topological polar surface area (TPSA) is 91.7 Å². The molecule has 1 unspecified atom stereocenters. The van der Waals surface area contributed by atoms with Crippen LogP contribution in [0.4, 0.5) is 9.18 Å². The Balaban J connectivity index is 2.43. The number of hydrogen-bond acceptors (Lipinski definition) is 5. The minimum Gasteiger partial charge on any atom is -0.453 e. The number of halogens is 2. The van der Waals surface area contributed by atoms with E-state index in [1.807, 2.05) is 0 Å². The number of nitrogens with zero attached hydrogens (tertiary/aromatic N) is 1. The van der Waals surface area contributed by atoms with Crippen molar-refractivity contribution in [3.63, 3.8) is 0 Å². The Kier molecular flexibility index (Phi) is 4.84.